The molecule has 1 aliphatic heterocycles. The van der Waals surface area contributed by atoms with Crippen LogP contribution in [-0.4, -0.2) is 40.8 Å². The lowest BCUT2D eigenvalue weighted by atomic mass is 10.2. The lowest BCUT2D eigenvalue weighted by Gasteiger charge is -2.22. The van der Waals surface area contributed by atoms with E-state index in [1.165, 1.54) is 12.8 Å². The Morgan fingerprint density at radius 1 is 1.32 bits per heavy atom. The fourth-order valence-electron chi connectivity index (χ4n) is 2.70. The van der Waals surface area contributed by atoms with Gasteiger partial charge in [-0.2, -0.15) is 0 Å². The summed E-state index contributed by atoms with van der Waals surface area (Å²) in [5.74, 6) is 1.59. The fraction of sp³-hybridized carbons (Fsp3) is 0.688. The summed E-state index contributed by atoms with van der Waals surface area (Å²) in [4.78, 5) is 22.8. The lowest BCUT2D eigenvalue weighted by Crippen LogP contribution is -2.40. The van der Waals surface area contributed by atoms with E-state index in [1.54, 1.807) is 6.33 Å². The number of alkyl carbamates (subject to hydrolysis) is 1. The average Bonchev–Trinajstić information content (AvgIpc) is 3.18. The van der Waals surface area contributed by atoms with E-state index in [2.05, 4.69) is 26.3 Å². The Balaban J connectivity index is 1.55. The minimum absolute atomic E-state index is 0.106. The third-order valence-corrected chi connectivity index (χ3v) is 3.90. The highest BCUT2D eigenvalue weighted by atomic mass is 16.6. The highest BCUT2D eigenvalue weighted by Crippen LogP contribution is 2.39. The summed E-state index contributed by atoms with van der Waals surface area (Å²) in [6.07, 6.45) is 4.68. The molecule has 1 unspecified atom stereocenters. The topological polar surface area (TPSA) is 67.3 Å². The number of hydrogen-bond donors (Lipinski definition) is 1. The molecule has 1 N–H and O–H groups in total. The molecule has 2 aliphatic rings. The number of rotatable bonds is 3. The van der Waals surface area contributed by atoms with E-state index >= 15 is 0 Å². The summed E-state index contributed by atoms with van der Waals surface area (Å²) in [6.45, 7) is 7.26. The first-order chi connectivity index (χ1) is 10.4. The third-order valence-electron chi connectivity index (χ3n) is 3.90. The smallest absolute Gasteiger partial charge is 0.407 e. The standard InChI is InChI=1S/C16H24N4O2/c1-16(2,3)22-15(21)19-12-6-7-20(9-12)14-8-13(11-4-5-11)17-10-18-14/h8,10-12H,4-7,9H2,1-3H3,(H,19,21). The number of ether oxygens (including phenoxy) is 1. The molecule has 1 saturated carbocycles. The van der Waals surface area contributed by atoms with Crippen LogP contribution in [0.5, 0.6) is 0 Å². The molecular formula is C16H24N4O2. The summed E-state index contributed by atoms with van der Waals surface area (Å²) in [6, 6.07) is 2.20. The molecule has 0 bridgehead atoms. The van der Waals surface area contributed by atoms with Gasteiger partial charge >= 0.3 is 6.09 Å². The summed E-state index contributed by atoms with van der Waals surface area (Å²) >= 11 is 0. The first kappa shape index (κ1) is 15.1. The Kier molecular flexibility index (Phi) is 3.93. The van der Waals surface area contributed by atoms with E-state index < -0.39 is 5.60 Å². The maximum atomic E-state index is 11.8. The normalized spacial score (nSPS) is 21.8. The van der Waals surface area contributed by atoms with Crippen molar-refractivity contribution in [1.82, 2.24) is 15.3 Å². The van der Waals surface area contributed by atoms with Crippen LogP contribution < -0.4 is 10.2 Å². The number of anilines is 1. The van der Waals surface area contributed by atoms with Crippen molar-refractivity contribution in [2.75, 3.05) is 18.0 Å². The van der Waals surface area contributed by atoms with Crippen molar-refractivity contribution in [3.63, 3.8) is 0 Å². The van der Waals surface area contributed by atoms with Crippen molar-refractivity contribution in [3.05, 3.63) is 18.1 Å². The maximum absolute atomic E-state index is 11.8. The zero-order chi connectivity index (χ0) is 15.7. The van der Waals surface area contributed by atoms with Crippen LogP contribution in [-0.2, 0) is 4.74 Å². The SMILES string of the molecule is CC(C)(C)OC(=O)NC1CCN(c2cc(C3CC3)ncn2)C1. The van der Waals surface area contributed by atoms with Gasteiger partial charge in [-0.1, -0.05) is 0 Å². The minimum Gasteiger partial charge on any atom is -0.444 e. The highest BCUT2D eigenvalue weighted by molar-refractivity contribution is 5.68. The van der Waals surface area contributed by atoms with Crippen LogP contribution in [0.2, 0.25) is 0 Å². The van der Waals surface area contributed by atoms with Crippen molar-refractivity contribution in [2.24, 2.45) is 0 Å². The molecule has 0 radical (unpaired) electrons. The van der Waals surface area contributed by atoms with Crippen LogP contribution in [0.15, 0.2) is 12.4 Å². The molecule has 1 aromatic rings. The molecule has 1 aromatic heterocycles. The van der Waals surface area contributed by atoms with Gasteiger partial charge in [0.1, 0.15) is 17.7 Å². The number of carbonyl (C=O) groups excluding carboxylic acids is 1. The zero-order valence-corrected chi connectivity index (χ0v) is 13.5. The van der Waals surface area contributed by atoms with Gasteiger partial charge in [0.25, 0.3) is 0 Å². The summed E-state index contributed by atoms with van der Waals surface area (Å²) in [5, 5.41) is 2.94. The van der Waals surface area contributed by atoms with Gasteiger partial charge in [0.05, 0.1) is 6.04 Å². The summed E-state index contributed by atoms with van der Waals surface area (Å²) < 4.78 is 5.31. The third kappa shape index (κ3) is 3.87. The molecule has 3 rings (SSSR count). The number of aromatic nitrogens is 2. The van der Waals surface area contributed by atoms with Gasteiger partial charge in [0, 0.05) is 30.8 Å². The number of amides is 1. The van der Waals surface area contributed by atoms with E-state index in [1.807, 2.05) is 20.8 Å². The Morgan fingerprint density at radius 3 is 2.77 bits per heavy atom. The van der Waals surface area contributed by atoms with Crippen molar-refractivity contribution in [2.45, 2.75) is 57.6 Å². The largest absolute Gasteiger partial charge is 0.444 e. The number of nitrogens with one attached hydrogen (secondary N) is 1. The molecule has 0 aromatic carbocycles. The first-order valence-electron chi connectivity index (χ1n) is 7.97. The number of hydrogen-bond acceptors (Lipinski definition) is 5. The van der Waals surface area contributed by atoms with E-state index in [4.69, 9.17) is 4.74 Å². The molecule has 0 spiro atoms. The van der Waals surface area contributed by atoms with E-state index in [0.29, 0.717) is 5.92 Å². The van der Waals surface area contributed by atoms with E-state index in [-0.39, 0.29) is 12.1 Å². The second-order valence-corrected chi connectivity index (χ2v) is 7.15. The Morgan fingerprint density at radius 2 is 2.09 bits per heavy atom. The zero-order valence-electron chi connectivity index (χ0n) is 13.5. The lowest BCUT2D eigenvalue weighted by molar-refractivity contribution is 0.0509. The molecular weight excluding hydrogens is 280 g/mol. The van der Waals surface area contributed by atoms with Gasteiger partial charge in [-0.05, 0) is 40.0 Å². The van der Waals surface area contributed by atoms with Crippen molar-refractivity contribution in [1.29, 1.82) is 0 Å². The molecule has 6 heteroatoms. The molecule has 1 aliphatic carbocycles. The van der Waals surface area contributed by atoms with Gasteiger partial charge in [-0.15, -0.1) is 0 Å². The second kappa shape index (κ2) is 5.74. The van der Waals surface area contributed by atoms with Gasteiger partial charge < -0.3 is 15.0 Å². The van der Waals surface area contributed by atoms with Gasteiger partial charge in [-0.25, -0.2) is 14.8 Å². The van der Waals surface area contributed by atoms with Crippen molar-refractivity contribution in [3.8, 4) is 0 Å². The molecule has 22 heavy (non-hydrogen) atoms. The van der Waals surface area contributed by atoms with Gasteiger partial charge in [-0.3, -0.25) is 0 Å². The van der Waals surface area contributed by atoms with Crippen LogP contribution in [0.4, 0.5) is 10.6 Å². The van der Waals surface area contributed by atoms with Crippen molar-refractivity contribution < 1.29 is 9.53 Å². The number of nitrogens with zero attached hydrogens (tertiary/aromatic N) is 3. The van der Waals surface area contributed by atoms with Crippen LogP contribution in [0.25, 0.3) is 0 Å². The summed E-state index contributed by atoms with van der Waals surface area (Å²) in [7, 11) is 0. The monoisotopic (exact) mass is 304 g/mol. The Hall–Kier alpha value is -1.85. The predicted octanol–water partition coefficient (Wildman–Crippen LogP) is 2.46. The molecule has 1 amide bonds. The molecule has 2 heterocycles. The first-order valence-corrected chi connectivity index (χ1v) is 7.97. The molecule has 120 valence electrons. The number of carbonyl (C=O) groups is 1. The van der Waals surface area contributed by atoms with Crippen molar-refractivity contribution >= 4 is 11.9 Å². The molecule has 6 nitrogen and oxygen atoms in total. The highest BCUT2D eigenvalue weighted by Gasteiger charge is 2.29. The minimum atomic E-state index is -0.464. The quantitative estimate of drug-likeness (QED) is 0.929. The predicted molar refractivity (Wildman–Crippen MR) is 84.0 cm³/mol. The maximum Gasteiger partial charge on any atom is 0.407 e. The van der Waals surface area contributed by atoms with Crippen LogP contribution >= 0.6 is 0 Å². The molecule has 1 atom stereocenters. The van der Waals surface area contributed by atoms with E-state index in [0.717, 1.165) is 31.0 Å². The second-order valence-electron chi connectivity index (χ2n) is 7.15. The van der Waals surface area contributed by atoms with Gasteiger partial charge in [0.15, 0.2) is 0 Å². The summed E-state index contributed by atoms with van der Waals surface area (Å²) in [5.41, 5.74) is 0.683. The Labute approximate surface area is 131 Å². The molecule has 2 fully saturated rings. The van der Waals surface area contributed by atoms with Crippen LogP contribution in [0.3, 0.4) is 0 Å². The fourth-order valence-corrected chi connectivity index (χ4v) is 2.70. The van der Waals surface area contributed by atoms with Gasteiger partial charge in [0.2, 0.25) is 0 Å². The van der Waals surface area contributed by atoms with Crippen LogP contribution in [0, 0.1) is 0 Å². The molecule has 1 saturated heterocycles. The van der Waals surface area contributed by atoms with E-state index in [9.17, 15) is 4.79 Å². The Bertz CT molecular complexity index is 551. The average molecular weight is 304 g/mol. The van der Waals surface area contributed by atoms with Crippen LogP contribution in [0.1, 0.15) is 51.6 Å².